The van der Waals surface area contributed by atoms with Crippen molar-refractivity contribution in [2.45, 2.75) is 6.61 Å². The zero-order valence-corrected chi connectivity index (χ0v) is 10.0. The fourth-order valence-electron chi connectivity index (χ4n) is 1.36. The number of rotatable bonds is 4. The quantitative estimate of drug-likeness (QED) is 0.628. The van der Waals surface area contributed by atoms with Crippen LogP contribution in [0, 0.1) is 10.1 Å². The first-order valence-electron chi connectivity index (χ1n) is 5.12. The minimum atomic E-state index is -0.488. The molecule has 18 heavy (non-hydrogen) atoms. The number of pyridine rings is 1. The molecule has 6 heteroatoms. The van der Waals surface area contributed by atoms with E-state index in [0.29, 0.717) is 16.3 Å². The molecule has 0 fully saturated rings. The number of nitro benzene ring substituents is 1. The highest BCUT2D eigenvalue weighted by atomic mass is 35.5. The van der Waals surface area contributed by atoms with Gasteiger partial charge in [-0.15, -0.1) is 0 Å². The van der Waals surface area contributed by atoms with Crippen LogP contribution in [-0.2, 0) is 6.61 Å². The smallest absolute Gasteiger partial charge is 0.270 e. The summed E-state index contributed by atoms with van der Waals surface area (Å²) in [6, 6.07) is 7.81. The van der Waals surface area contributed by atoms with Gasteiger partial charge < -0.3 is 4.74 Å². The van der Waals surface area contributed by atoms with Gasteiger partial charge in [0.05, 0.1) is 16.1 Å². The molecule has 0 atom stereocenters. The van der Waals surface area contributed by atoms with Gasteiger partial charge in [-0.1, -0.05) is 11.6 Å². The molecule has 0 aliphatic heterocycles. The number of hydrogen-bond donors (Lipinski definition) is 0. The summed E-state index contributed by atoms with van der Waals surface area (Å²) < 4.78 is 5.46. The van der Waals surface area contributed by atoms with Crippen molar-refractivity contribution in [3.8, 4) is 5.75 Å². The molecule has 0 spiro atoms. The molecule has 0 amide bonds. The molecular formula is C12H9ClN2O3. The van der Waals surface area contributed by atoms with Crippen LogP contribution in [-0.4, -0.2) is 9.91 Å². The maximum Gasteiger partial charge on any atom is 0.270 e. The molecule has 1 heterocycles. The van der Waals surface area contributed by atoms with Gasteiger partial charge in [-0.2, -0.15) is 0 Å². The summed E-state index contributed by atoms with van der Waals surface area (Å²) in [5.74, 6) is 0.618. The zero-order chi connectivity index (χ0) is 13.0. The number of halogens is 1. The summed E-state index contributed by atoms with van der Waals surface area (Å²) in [4.78, 5) is 14.0. The Kier molecular flexibility index (Phi) is 3.74. The number of hydrogen-bond acceptors (Lipinski definition) is 4. The van der Waals surface area contributed by atoms with E-state index in [9.17, 15) is 10.1 Å². The fourth-order valence-corrected chi connectivity index (χ4v) is 1.59. The second-order valence-electron chi connectivity index (χ2n) is 3.51. The zero-order valence-electron chi connectivity index (χ0n) is 9.25. The van der Waals surface area contributed by atoms with Crippen LogP contribution >= 0.6 is 11.6 Å². The number of aromatic nitrogens is 1. The summed E-state index contributed by atoms with van der Waals surface area (Å²) in [5, 5.41) is 10.9. The van der Waals surface area contributed by atoms with Crippen LogP contribution in [0.4, 0.5) is 5.69 Å². The second kappa shape index (κ2) is 5.46. The van der Waals surface area contributed by atoms with Crippen molar-refractivity contribution in [1.29, 1.82) is 0 Å². The van der Waals surface area contributed by atoms with Crippen molar-refractivity contribution < 1.29 is 9.66 Å². The lowest BCUT2D eigenvalue weighted by Crippen LogP contribution is -1.97. The molecule has 0 N–H and O–H groups in total. The van der Waals surface area contributed by atoms with Gasteiger partial charge in [0.15, 0.2) is 0 Å². The maximum absolute atomic E-state index is 10.6. The third-order valence-electron chi connectivity index (χ3n) is 2.28. The number of ether oxygens (including phenoxy) is 1. The average Bonchev–Trinajstić information content (AvgIpc) is 2.38. The number of nitro groups is 1. The molecular weight excluding hydrogens is 256 g/mol. The first-order chi connectivity index (χ1) is 8.66. The van der Waals surface area contributed by atoms with Crippen molar-refractivity contribution >= 4 is 17.3 Å². The second-order valence-corrected chi connectivity index (χ2v) is 3.92. The van der Waals surface area contributed by atoms with E-state index < -0.39 is 4.92 Å². The number of benzene rings is 1. The Balaban J connectivity index is 2.08. The van der Waals surface area contributed by atoms with Crippen molar-refractivity contribution in [2.75, 3.05) is 0 Å². The highest BCUT2D eigenvalue weighted by Gasteiger charge is 2.09. The standard InChI is InChI=1S/C12H9ClN2O3/c13-12-6-10(15(16)17)4-3-9(12)8-18-11-2-1-5-14-7-11/h1-7H,8H2. The monoisotopic (exact) mass is 264 g/mol. The van der Waals surface area contributed by atoms with E-state index in [0.717, 1.165) is 0 Å². The molecule has 1 aromatic carbocycles. The summed E-state index contributed by atoms with van der Waals surface area (Å²) in [6.45, 7) is 0.239. The van der Waals surface area contributed by atoms with Crippen LogP contribution in [0.15, 0.2) is 42.7 Å². The van der Waals surface area contributed by atoms with Gasteiger partial charge in [-0.3, -0.25) is 15.1 Å². The van der Waals surface area contributed by atoms with Gasteiger partial charge in [0.1, 0.15) is 12.4 Å². The number of nitrogens with zero attached hydrogens (tertiary/aromatic N) is 2. The van der Waals surface area contributed by atoms with Crippen LogP contribution in [0.5, 0.6) is 5.75 Å². The van der Waals surface area contributed by atoms with Gasteiger partial charge in [0, 0.05) is 23.9 Å². The maximum atomic E-state index is 10.6. The Hall–Kier alpha value is -2.14. The molecule has 0 unspecified atom stereocenters. The molecule has 0 aliphatic carbocycles. The summed E-state index contributed by atoms with van der Waals surface area (Å²) in [7, 11) is 0. The molecule has 0 saturated carbocycles. The summed E-state index contributed by atoms with van der Waals surface area (Å²) in [5.41, 5.74) is 0.649. The van der Waals surface area contributed by atoms with Crippen molar-refractivity contribution in [1.82, 2.24) is 4.98 Å². The molecule has 1 aromatic heterocycles. The molecule has 0 saturated heterocycles. The van der Waals surface area contributed by atoms with Crippen LogP contribution in [0.3, 0.4) is 0 Å². The highest BCUT2D eigenvalue weighted by molar-refractivity contribution is 6.31. The minimum Gasteiger partial charge on any atom is -0.487 e. The van der Waals surface area contributed by atoms with E-state index in [1.807, 2.05) is 0 Å². The average molecular weight is 265 g/mol. The molecule has 92 valence electrons. The van der Waals surface area contributed by atoms with Gasteiger partial charge in [-0.05, 0) is 18.2 Å². The minimum absolute atomic E-state index is 0.0369. The lowest BCUT2D eigenvalue weighted by molar-refractivity contribution is -0.384. The Morgan fingerprint density at radius 3 is 2.83 bits per heavy atom. The van der Waals surface area contributed by atoms with E-state index in [4.69, 9.17) is 16.3 Å². The van der Waals surface area contributed by atoms with Gasteiger partial charge in [-0.25, -0.2) is 0 Å². The van der Waals surface area contributed by atoms with Crippen LogP contribution in [0.1, 0.15) is 5.56 Å². The third kappa shape index (κ3) is 2.95. The summed E-state index contributed by atoms with van der Waals surface area (Å²) in [6.07, 6.45) is 3.23. The van der Waals surface area contributed by atoms with Crippen molar-refractivity contribution in [3.05, 3.63) is 63.4 Å². The van der Waals surface area contributed by atoms with E-state index in [-0.39, 0.29) is 12.3 Å². The molecule has 5 nitrogen and oxygen atoms in total. The third-order valence-corrected chi connectivity index (χ3v) is 2.63. The largest absolute Gasteiger partial charge is 0.487 e. The van der Waals surface area contributed by atoms with Crippen LogP contribution in [0.2, 0.25) is 5.02 Å². The molecule has 2 rings (SSSR count). The van der Waals surface area contributed by atoms with Crippen LogP contribution < -0.4 is 4.74 Å². The van der Waals surface area contributed by atoms with E-state index >= 15 is 0 Å². The lowest BCUT2D eigenvalue weighted by atomic mass is 10.2. The van der Waals surface area contributed by atoms with E-state index in [1.54, 1.807) is 30.6 Å². The highest BCUT2D eigenvalue weighted by Crippen LogP contribution is 2.23. The fraction of sp³-hybridized carbons (Fsp3) is 0.0833. The number of non-ortho nitro benzene ring substituents is 1. The Morgan fingerprint density at radius 2 is 2.22 bits per heavy atom. The predicted octanol–water partition coefficient (Wildman–Crippen LogP) is 3.22. The normalized spacial score (nSPS) is 10.1. The molecule has 0 radical (unpaired) electrons. The lowest BCUT2D eigenvalue weighted by Gasteiger charge is -2.06. The first-order valence-corrected chi connectivity index (χ1v) is 5.50. The van der Waals surface area contributed by atoms with Gasteiger partial charge in [0.25, 0.3) is 5.69 Å². The predicted molar refractivity (Wildman–Crippen MR) is 66.7 cm³/mol. The first kappa shape index (κ1) is 12.3. The molecule has 2 aromatic rings. The molecule has 0 aliphatic rings. The van der Waals surface area contributed by atoms with Crippen LogP contribution in [0.25, 0.3) is 0 Å². The Labute approximate surface area is 108 Å². The van der Waals surface area contributed by atoms with Crippen molar-refractivity contribution in [2.24, 2.45) is 0 Å². The topological polar surface area (TPSA) is 65.3 Å². The Bertz CT molecular complexity index is 561. The van der Waals surface area contributed by atoms with Gasteiger partial charge >= 0.3 is 0 Å². The Morgan fingerprint density at radius 1 is 1.39 bits per heavy atom. The SMILES string of the molecule is O=[N+]([O-])c1ccc(COc2cccnc2)c(Cl)c1. The summed E-state index contributed by atoms with van der Waals surface area (Å²) >= 11 is 5.94. The van der Waals surface area contributed by atoms with Gasteiger partial charge in [0.2, 0.25) is 0 Å². The van der Waals surface area contributed by atoms with E-state index in [2.05, 4.69) is 4.98 Å². The van der Waals surface area contributed by atoms with Crippen molar-refractivity contribution in [3.63, 3.8) is 0 Å². The molecule has 0 bridgehead atoms. The van der Waals surface area contributed by atoms with E-state index in [1.165, 1.54) is 12.1 Å².